The zero-order valence-corrected chi connectivity index (χ0v) is 16.8. The Labute approximate surface area is 169 Å². The summed E-state index contributed by atoms with van der Waals surface area (Å²) in [5.41, 5.74) is 2.52. The van der Waals surface area contributed by atoms with Crippen LogP contribution < -0.4 is 0 Å². The molecule has 29 heavy (non-hydrogen) atoms. The summed E-state index contributed by atoms with van der Waals surface area (Å²) < 4.78 is 55.2. The predicted molar refractivity (Wildman–Crippen MR) is 104 cm³/mol. The molecule has 0 N–H and O–H groups in total. The standard InChI is InChI=1S/C21H22F2N2O3S/c1-14-6-7-17(22)11-20(14)29(27,28)25-13-18(23)10-19(25)21(26)24-9-8-15-4-2-3-5-16(15)12-24/h2-7,11,18-19H,8-10,12-13H2,1H3/t18-,19-/m0/s1. The van der Waals surface area contributed by atoms with E-state index in [1.807, 2.05) is 24.3 Å². The molecule has 2 aliphatic heterocycles. The fourth-order valence-corrected chi connectivity index (χ4v) is 5.98. The number of sulfonamides is 1. The number of halogens is 2. The molecule has 1 fully saturated rings. The molecule has 154 valence electrons. The van der Waals surface area contributed by atoms with Gasteiger partial charge >= 0.3 is 0 Å². The van der Waals surface area contributed by atoms with E-state index < -0.39 is 40.5 Å². The quantitative estimate of drug-likeness (QED) is 0.767. The van der Waals surface area contributed by atoms with Gasteiger partial charge in [0.1, 0.15) is 18.0 Å². The predicted octanol–water partition coefficient (Wildman–Crippen LogP) is 2.82. The molecule has 2 aliphatic rings. The van der Waals surface area contributed by atoms with E-state index >= 15 is 0 Å². The van der Waals surface area contributed by atoms with Crippen molar-refractivity contribution in [3.05, 3.63) is 65.0 Å². The lowest BCUT2D eigenvalue weighted by Crippen LogP contribution is -2.49. The Morgan fingerprint density at radius 1 is 1.14 bits per heavy atom. The van der Waals surface area contributed by atoms with Crippen molar-refractivity contribution in [1.82, 2.24) is 9.21 Å². The maximum atomic E-state index is 14.3. The largest absolute Gasteiger partial charge is 0.337 e. The van der Waals surface area contributed by atoms with Crippen LogP contribution in [0.1, 0.15) is 23.1 Å². The Bertz CT molecular complexity index is 1060. The van der Waals surface area contributed by atoms with Crippen molar-refractivity contribution in [1.29, 1.82) is 0 Å². The molecule has 5 nitrogen and oxygen atoms in total. The monoisotopic (exact) mass is 420 g/mol. The summed E-state index contributed by atoms with van der Waals surface area (Å²) >= 11 is 0. The van der Waals surface area contributed by atoms with Gasteiger partial charge in [0.25, 0.3) is 0 Å². The second-order valence-electron chi connectivity index (χ2n) is 7.61. The number of hydrogen-bond donors (Lipinski definition) is 0. The number of fused-ring (bicyclic) bond motifs is 1. The van der Waals surface area contributed by atoms with Crippen molar-refractivity contribution in [2.45, 2.75) is 43.4 Å². The number of benzene rings is 2. The Hall–Kier alpha value is -2.32. The van der Waals surface area contributed by atoms with E-state index in [4.69, 9.17) is 0 Å². The smallest absolute Gasteiger partial charge is 0.244 e. The van der Waals surface area contributed by atoms with Gasteiger partial charge in [-0.1, -0.05) is 30.3 Å². The van der Waals surface area contributed by atoms with Gasteiger partial charge in [-0.05, 0) is 42.2 Å². The summed E-state index contributed by atoms with van der Waals surface area (Å²) in [6.07, 6.45) is -0.960. The highest BCUT2D eigenvalue weighted by Crippen LogP contribution is 2.32. The Balaban J connectivity index is 1.63. The van der Waals surface area contributed by atoms with Gasteiger partial charge in [-0.3, -0.25) is 4.79 Å². The Kier molecular flexibility index (Phi) is 5.16. The van der Waals surface area contributed by atoms with Gasteiger partial charge in [-0.15, -0.1) is 0 Å². The average molecular weight is 420 g/mol. The minimum Gasteiger partial charge on any atom is -0.337 e. The molecule has 2 heterocycles. The van der Waals surface area contributed by atoms with Crippen LogP contribution in [0, 0.1) is 12.7 Å². The summed E-state index contributed by atoms with van der Waals surface area (Å²) in [4.78, 5) is 14.5. The molecule has 0 saturated carbocycles. The first-order chi connectivity index (χ1) is 13.8. The molecule has 0 bridgehead atoms. The summed E-state index contributed by atoms with van der Waals surface area (Å²) in [6.45, 7) is 1.97. The summed E-state index contributed by atoms with van der Waals surface area (Å²) in [5, 5.41) is 0. The van der Waals surface area contributed by atoms with Crippen LogP contribution in [0.15, 0.2) is 47.4 Å². The lowest BCUT2D eigenvalue weighted by Gasteiger charge is -2.33. The number of amides is 1. The van der Waals surface area contributed by atoms with Gasteiger partial charge in [0.15, 0.2) is 0 Å². The lowest BCUT2D eigenvalue weighted by molar-refractivity contribution is -0.135. The van der Waals surface area contributed by atoms with E-state index in [-0.39, 0.29) is 11.3 Å². The van der Waals surface area contributed by atoms with Crippen molar-refractivity contribution >= 4 is 15.9 Å². The molecule has 2 aromatic carbocycles. The highest BCUT2D eigenvalue weighted by molar-refractivity contribution is 7.89. The molecule has 8 heteroatoms. The molecule has 4 rings (SSSR count). The van der Waals surface area contributed by atoms with Crippen LogP contribution in [0.2, 0.25) is 0 Å². The summed E-state index contributed by atoms with van der Waals surface area (Å²) in [5.74, 6) is -1.10. The third kappa shape index (κ3) is 3.67. The van der Waals surface area contributed by atoms with Crippen LogP contribution in [0.5, 0.6) is 0 Å². The summed E-state index contributed by atoms with van der Waals surface area (Å²) in [6, 6.07) is 10.1. The van der Waals surface area contributed by atoms with E-state index in [9.17, 15) is 22.0 Å². The molecule has 2 atom stereocenters. The molecule has 0 radical (unpaired) electrons. The normalized spacial score (nSPS) is 22.5. The molecule has 0 spiro atoms. The molecular weight excluding hydrogens is 398 g/mol. The SMILES string of the molecule is Cc1ccc(F)cc1S(=O)(=O)N1C[C@@H](F)C[C@H]1C(=O)N1CCc2ccccc2C1. The zero-order chi connectivity index (χ0) is 20.8. The number of alkyl halides is 1. The Morgan fingerprint density at radius 3 is 2.62 bits per heavy atom. The second kappa shape index (κ2) is 7.50. The first-order valence-electron chi connectivity index (χ1n) is 9.55. The average Bonchev–Trinajstić information content (AvgIpc) is 3.11. The molecule has 0 aliphatic carbocycles. The van der Waals surface area contributed by atoms with Crippen molar-refractivity contribution in [3.63, 3.8) is 0 Å². The first-order valence-corrected chi connectivity index (χ1v) is 11.0. The second-order valence-corrected chi connectivity index (χ2v) is 9.47. The maximum absolute atomic E-state index is 14.3. The van der Waals surface area contributed by atoms with E-state index in [1.165, 1.54) is 12.1 Å². The molecule has 1 amide bonds. The molecule has 0 unspecified atom stereocenters. The van der Waals surface area contributed by atoms with Crippen molar-refractivity contribution < 1.29 is 22.0 Å². The van der Waals surface area contributed by atoms with E-state index in [0.29, 0.717) is 25.1 Å². The first kappa shape index (κ1) is 20.0. The van der Waals surface area contributed by atoms with E-state index in [2.05, 4.69) is 0 Å². The fraction of sp³-hybridized carbons (Fsp3) is 0.381. The molecule has 2 aromatic rings. The number of aryl methyl sites for hydroxylation is 1. The van der Waals surface area contributed by atoms with Gasteiger partial charge in [-0.25, -0.2) is 17.2 Å². The van der Waals surface area contributed by atoms with Gasteiger partial charge in [-0.2, -0.15) is 4.31 Å². The van der Waals surface area contributed by atoms with Gasteiger partial charge in [0, 0.05) is 26.1 Å². The topological polar surface area (TPSA) is 57.7 Å². The van der Waals surface area contributed by atoms with Crippen LogP contribution in [0.4, 0.5) is 8.78 Å². The Morgan fingerprint density at radius 2 is 1.86 bits per heavy atom. The van der Waals surface area contributed by atoms with Crippen LogP contribution in [0.3, 0.4) is 0 Å². The van der Waals surface area contributed by atoms with Crippen molar-refractivity contribution in [2.75, 3.05) is 13.1 Å². The van der Waals surface area contributed by atoms with Crippen LogP contribution in [-0.2, 0) is 27.8 Å². The zero-order valence-electron chi connectivity index (χ0n) is 16.0. The molecular formula is C21H22F2N2O3S. The molecule has 1 saturated heterocycles. The number of rotatable bonds is 3. The minimum atomic E-state index is -4.21. The van der Waals surface area contributed by atoms with Gasteiger partial charge in [0.05, 0.1) is 4.90 Å². The van der Waals surface area contributed by atoms with Crippen LogP contribution >= 0.6 is 0 Å². The third-order valence-electron chi connectivity index (χ3n) is 5.67. The number of hydrogen-bond acceptors (Lipinski definition) is 3. The highest BCUT2D eigenvalue weighted by atomic mass is 32.2. The third-order valence-corrected chi connectivity index (χ3v) is 7.69. The minimum absolute atomic E-state index is 0.190. The summed E-state index contributed by atoms with van der Waals surface area (Å²) in [7, 11) is -4.21. The highest BCUT2D eigenvalue weighted by Gasteiger charge is 2.46. The van der Waals surface area contributed by atoms with Crippen molar-refractivity contribution in [2.24, 2.45) is 0 Å². The van der Waals surface area contributed by atoms with E-state index in [1.54, 1.807) is 11.8 Å². The fourth-order valence-electron chi connectivity index (χ4n) is 4.12. The number of nitrogens with zero attached hydrogens (tertiary/aromatic N) is 2. The van der Waals surface area contributed by atoms with Crippen molar-refractivity contribution in [3.8, 4) is 0 Å². The van der Waals surface area contributed by atoms with Crippen LogP contribution in [-0.4, -0.2) is 48.8 Å². The molecule has 0 aromatic heterocycles. The lowest BCUT2D eigenvalue weighted by atomic mass is 9.99. The maximum Gasteiger partial charge on any atom is 0.244 e. The van der Waals surface area contributed by atoms with Crippen LogP contribution in [0.25, 0.3) is 0 Å². The van der Waals surface area contributed by atoms with E-state index in [0.717, 1.165) is 21.5 Å². The van der Waals surface area contributed by atoms with Gasteiger partial charge in [0.2, 0.25) is 15.9 Å². The van der Waals surface area contributed by atoms with Gasteiger partial charge < -0.3 is 4.90 Å². The number of carbonyl (C=O) groups is 1. The number of carbonyl (C=O) groups excluding carboxylic acids is 1.